The van der Waals surface area contributed by atoms with Gasteiger partial charge in [0.15, 0.2) is 0 Å². The molecular formula is C15H17NO3. The summed E-state index contributed by atoms with van der Waals surface area (Å²) < 4.78 is 5.15. The SMILES string of the molecule is O=C(O)c1coc(CNCCCc2ccccc2)c1. The molecule has 0 atom stereocenters. The van der Waals surface area contributed by atoms with Crippen LogP contribution in [0.3, 0.4) is 0 Å². The number of nitrogens with one attached hydrogen (secondary N) is 1. The summed E-state index contributed by atoms with van der Waals surface area (Å²) in [5, 5.41) is 12.0. The van der Waals surface area contributed by atoms with Gasteiger partial charge in [0.05, 0.1) is 12.1 Å². The number of rotatable bonds is 7. The number of aromatic carboxylic acids is 1. The number of aryl methyl sites for hydroxylation is 1. The first-order valence-corrected chi connectivity index (χ1v) is 6.31. The largest absolute Gasteiger partial charge is 0.478 e. The number of hydrogen-bond acceptors (Lipinski definition) is 3. The molecule has 0 spiro atoms. The summed E-state index contributed by atoms with van der Waals surface area (Å²) in [6, 6.07) is 11.9. The van der Waals surface area contributed by atoms with Crippen LogP contribution in [0, 0.1) is 0 Å². The lowest BCUT2D eigenvalue weighted by atomic mass is 10.1. The molecule has 1 aromatic carbocycles. The summed E-state index contributed by atoms with van der Waals surface area (Å²) in [6.07, 6.45) is 3.34. The summed E-state index contributed by atoms with van der Waals surface area (Å²) in [4.78, 5) is 10.7. The van der Waals surface area contributed by atoms with Crippen LogP contribution in [0.2, 0.25) is 0 Å². The number of carboxylic acid groups (broad SMARTS) is 1. The van der Waals surface area contributed by atoms with E-state index in [2.05, 4.69) is 17.4 Å². The van der Waals surface area contributed by atoms with Crippen LogP contribution in [0.1, 0.15) is 28.1 Å². The van der Waals surface area contributed by atoms with Crippen molar-refractivity contribution in [2.75, 3.05) is 6.54 Å². The second-order valence-corrected chi connectivity index (χ2v) is 4.37. The third kappa shape index (κ3) is 4.26. The second kappa shape index (κ2) is 6.75. The first-order chi connectivity index (χ1) is 9.25. The highest BCUT2D eigenvalue weighted by Gasteiger charge is 2.07. The van der Waals surface area contributed by atoms with Crippen molar-refractivity contribution in [1.29, 1.82) is 0 Å². The molecule has 0 fully saturated rings. The first kappa shape index (κ1) is 13.4. The van der Waals surface area contributed by atoms with Crippen molar-refractivity contribution in [3.05, 3.63) is 59.5 Å². The van der Waals surface area contributed by atoms with Gasteiger partial charge in [-0.1, -0.05) is 30.3 Å². The molecule has 1 aromatic heterocycles. The van der Waals surface area contributed by atoms with Crippen molar-refractivity contribution in [1.82, 2.24) is 5.32 Å². The van der Waals surface area contributed by atoms with E-state index in [1.54, 1.807) is 6.07 Å². The Morgan fingerprint density at radius 3 is 2.74 bits per heavy atom. The Kier molecular flexibility index (Phi) is 4.75. The van der Waals surface area contributed by atoms with Gasteiger partial charge in [0.1, 0.15) is 12.0 Å². The lowest BCUT2D eigenvalue weighted by Crippen LogP contribution is -2.14. The standard InChI is InChI=1S/C15H17NO3/c17-15(18)13-9-14(19-11-13)10-16-8-4-7-12-5-2-1-3-6-12/h1-3,5-6,9,11,16H,4,7-8,10H2,(H,17,18). The third-order valence-corrected chi connectivity index (χ3v) is 2.86. The van der Waals surface area contributed by atoms with Gasteiger partial charge in [-0.15, -0.1) is 0 Å². The van der Waals surface area contributed by atoms with Crippen LogP contribution in [0.25, 0.3) is 0 Å². The van der Waals surface area contributed by atoms with Crippen LogP contribution >= 0.6 is 0 Å². The van der Waals surface area contributed by atoms with E-state index in [9.17, 15) is 4.79 Å². The molecule has 4 nitrogen and oxygen atoms in total. The summed E-state index contributed by atoms with van der Waals surface area (Å²) in [5.74, 6) is -0.309. The molecule has 2 N–H and O–H groups in total. The molecule has 4 heteroatoms. The van der Waals surface area contributed by atoms with Gasteiger partial charge in [0, 0.05) is 0 Å². The van der Waals surface area contributed by atoms with Gasteiger partial charge < -0.3 is 14.8 Å². The van der Waals surface area contributed by atoms with E-state index in [4.69, 9.17) is 9.52 Å². The fourth-order valence-corrected chi connectivity index (χ4v) is 1.86. The Balaban J connectivity index is 1.65. The summed E-state index contributed by atoms with van der Waals surface area (Å²) in [5.41, 5.74) is 1.52. The van der Waals surface area contributed by atoms with Crippen LogP contribution < -0.4 is 5.32 Å². The summed E-state index contributed by atoms with van der Waals surface area (Å²) in [6.45, 7) is 1.43. The van der Waals surface area contributed by atoms with Crippen molar-refractivity contribution in [3.8, 4) is 0 Å². The normalized spacial score (nSPS) is 10.5. The Labute approximate surface area is 112 Å². The van der Waals surface area contributed by atoms with Gasteiger partial charge in [0.2, 0.25) is 0 Å². The Bertz CT molecular complexity index is 519. The quantitative estimate of drug-likeness (QED) is 0.750. The Morgan fingerprint density at radius 2 is 2.05 bits per heavy atom. The van der Waals surface area contributed by atoms with Gasteiger partial charge in [0.25, 0.3) is 0 Å². The van der Waals surface area contributed by atoms with E-state index < -0.39 is 5.97 Å². The molecule has 0 amide bonds. The van der Waals surface area contributed by atoms with Crippen molar-refractivity contribution in [2.24, 2.45) is 0 Å². The lowest BCUT2D eigenvalue weighted by Gasteiger charge is -2.03. The third-order valence-electron chi connectivity index (χ3n) is 2.86. The molecule has 0 bridgehead atoms. The molecular weight excluding hydrogens is 242 g/mol. The second-order valence-electron chi connectivity index (χ2n) is 4.37. The van der Waals surface area contributed by atoms with Gasteiger partial charge in [-0.25, -0.2) is 4.79 Å². The fourth-order valence-electron chi connectivity index (χ4n) is 1.86. The van der Waals surface area contributed by atoms with Crippen LogP contribution in [0.5, 0.6) is 0 Å². The maximum atomic E-state index is 10.7. The van der Waals surface area contributed by atoms with Crippen molar-refractivity contribution in [3.63, 3.8) is 0 Å². The molecule has 0 saturated heterocycles. The zero-order valence-corrected chi connectivity index (χ0v) is 10.6. The molecule has 0 aliphatic carbocycles. The highest BCUT2D eigenvalue weighted by molar-refractivity contribution is 5.87. The summed E-state index contributed by atoms with van der Waals surface area (Å²) >= 11 is 0. The van der Waals surface area contributed by atoms with Crippen LogP contribution in [0.15, 0.2) is 47.1 Å². The molecule has 0 saturated carbocycles. The Morgan fingerprint density at radius 1 is 1.26 bits per heavy atom. The number of benzene rings is 1. The zero-order valence-electron chi connectivity index (χ0n) is 10.6. The van der Waals surface area contributed by atoms with E-state index in [0.717, 1.165) is 19.4 Å². The first-order valence-electron chi connectivity index (χ1n) is 6.31. The van der Waals surface area contributed by atoms with E-state index in [1.807, 2.05) is 18.2 Å². The van der Waals surface area contributed by atoms with E-state index in [-0.39, 0.29) is 5.56 Å². The van der Waals surface area contributed by atoms with Crippen molar-refractivity contribution >= 4 is 5.97 Å². The molecule has 0 aliphatic rings. The molecule has 2 aromatic rings. The summed E-state index contributed by atoms with van der Waals surface area (Å²) in [7, 11) is 0. The molecule has 2 rings (SSSR count). The predicted molar refractivity (Wildman–Crippen MR) is 72.1 cm³/mol. The molecule has 0 radical (unpaired) electrons. The average molecular weight is 259 g/mol. The molecule has 19 heavy (non-hydrogen) atoms. The monoisotopic (exact) mass is 259 g/mol. The maximum absolute atomic E-state index is 10.7. The predicted octanol–water partition coefficient (Wildman–Crippen LogP) is 2.70. The topological polar surface area (TPSA) is 62.5 Å². The van der Waals surface area contributed by atoms with E-state index in [0.29, 0.717) is 12.3 Å². The number of furan rings is 1. The van der Waals surface area contributed by atoms with Crippen LogP contribution in [-0.2, 0) is 13.0 Å². The van der Waals surface area contributed by atoms with E-state index >= 15 is 0 Å². The zero-order chi connectivity index (χ0) is 13.5. The lowest BCUT2D eigenvalue weighted by molar-refractivity contribution is 0.0696. The minimum absolute atomic E-state index is 0.195. The Hall–Kier alpha value is -2.07. The smallest absolute Gasteiger partial charge is 0.338 e. The highest BCUT2D eigenvalue weighted by Crippen LogP contribution is 2.07. The van der Waals surface area contributed by atoms with Crippen LogP contribution in [-0.4, -0.2) is 17.6 Å². The van der Waals surface area contributed by atoms with Gasteiger partial charge in [-0.3, -0.25) is 0 Å². The maximum Gasteiger partial charge on any atom is 0.338 e. The number of hydrogen-bond donors (Lipinski definition) is 2. The molecule has 100 valence electrons. The minimum Gasteiger partial charge on any atom is -0.478 e. The van der Waals surface area contributed by atoms with Crippen LogP contribution in [0.4, 0.5) is 0 Å². The van der Waals surface area contributed by atoms with Gasteiger partial charge >= 0.3 is 5.97 Å². The molecule has 1 heterocycles. The average Bonchev–Trinajstić information content (AvgIpc) is 2.89. The van der Waals surface area contributed by atoms with Crippen molar-refractivity contribution in [2.45, 2.75) is 19.4 Å². The molecule has 0 unspecified atom stereocenters. The van der Waals surface area contributed by atoms with Crippen molar-refractivity contribution < 1.29 is 14.3 Å². The highest BCUT2D eigenvalue weighted by atomic mass is 16.4. The minimum atomic E-state index is -0.959. The molecule has 0 aliphatic heterocycles. The van der Waals surface area contributed by atoms with Gasteiger partial charge in [-0.05, 0) is 31.0 Å². The van der Waals surface area contributed by atoms with Gasteiger partial charge in [-0.2, -0.15) is 0 Å². The number of carbonyl (C=O) groups is 1. The fraction of sp³-hybridized carbons (Fsp3) is 0.267. The number of carboxylic acids is 1. The van der Waals surface area contributed by atoms with E-state index in [1.165, 1.54) is 11.8 Å².